The van der Waals surface area contributed by atoms with E-state index in [-0.39, 0.29) is 12.3 Å². The van der Waals surface area contributed by atoms with Gasteiger partial charge in [0.05, 0.1) is 16.3 Å². The zero-order valence-electron chi connectivity index (χ0n) is 16.5. The molecule has 2 aromatic heterocycles. The van der Waals surface area contributed by atoms with Gasteiger partial charge in [-0.1, -0.05) is 23.2 Å². The Morgan fingerprint density at radius 1 is 1.23 bits per heavy atom. The maximum absolute atomic E-state index is 12.3. The van der Waals surface area contributed by atoms with E-state index in [2.05, 4.69) is 21.4 Å². The number of carbonyl (C=O) groups excluding carboxylic acids is 1. The van der Waals surface area contributed by atoms with Crippen LogP contribution in [0.5, 0.6) is 0 Å². The molecule has 0 bridgehead atoms. The van der Waals surface area contributed by atoms with E-state index in [1.165, 1.54) is 23.1 Å². The molecule has 0 fully saturated rings. The first-order valence-electron chi connectivity index (χ1n) is 9.01. The Morgan fingerprint density at radius 2 is 2.00 bits per heavy atom. The van der Waals surface area contributed by atoms with Crippen molar-refractivity contribution in [3.63, 3.8) is 0 Å². The van der Waals surface area contributed by atoms with Crippen molar-refractivity contribution in [3.05, 3.63) is 56.0 Å². The summed E-state index contributed by atoms with van der Waals surface area (Å²) >= 11 is 14.9. The smallest absolute Gasteiger partial charge is 0.226 e. The van der Waals surface area contributed by atoms with Crippen molar-refractivity contribution < 1.29 is 4.79 Å². The highest BCUT2D eigenvalue weighted by atomic mass is 35.5. The predicted molar refractivity (Wildman–Crippen MR) is 125 cm³/mol. The molecule has 0 saturated heterocycles. The number of halogens is 2. The van der Waals surface area contributed by atoms with E-state index >= 15 is 0 Å². The normalized spacial score (nSPS) is 10.7. The molecule has 0 saturated carbocycles. The van der Waals surface area contributed by atoms with Crippen molar-refractivity contribution in [2.24, 2.45) is 0 Å². The van der Waals surface area contributed by atoms with E-state index in [9.17, 15) is 10.1 Å². The Bertz CT molecular complexity index is 1150. The van der Waals surface area contributed by atoms with E-state index < -0.39 is 0 Å². The number of nitrogens with zero attached hydrogens (tertiary/aromatic N) is 3. The van der Waals surface area contributed by atoms with Crippen LogP contribution < -0.4 is 5.32 Å². The van der Waals surface area contributed by atoms with Gasteiger partial charge in [0.25, 0.3) is 0 Å². The van der Waals surface area contributed by atoms with Gasteiger partial charge in [-0.15, -0.1) is 23.1 Å². The van der Waals surface area contributed by atoms with Crippen molar-refractivity contribution in [1.29, 1.82) is 5.26 Å². The van der Waals surface area contributed by atoms with E-state index in [1.807, 2.05) is 26.2 Å². The Kier molecular flexibility index (Phi) is 7.37. The number of amides is 1. The molecule has 0 atom stereocenters. The molecule has 0 aliphatic rings. The molecule has 0 aliphatic carbocycles. The predicted octanol–water partition coefficient (Wildman–Crippen LogP) is 6.43. The van der Waals surface area contributed by atoms with Crippen LogP contribution in [0.15, 0.2) is 28.6 Å². The first-order chi connectivity index (χ1) is 14.3. The maximum atomic E-state index is 12.3. The fourth-order valence-electron chi connectivity index (χ4n) is 2.72. The summed E-state index contributed by atoms with van der Waals surface area (Å²) in [5.41, 5.74) is 4.87. The number of aromatic nitrogens is 2. The number of thioether (sulfide) groups is 1. The quantitative estimate of drug-likeness (QED) is 0.414. The van der Waals surface area contributed by atoms with E-state index in [1.54, 1.807) is 18.2 Å². The highest BCUT2D eigenvalue weighted by Gasteiger charge is 2.14. The highest BCUT2D eigenvalue weighted by molar-refractivity contribution is 7.99. The lowest BCUT2D eigenvalue weighted by molar-refractivity contribution is -0.115. The van der Waals surface area contributed by atoms with Crippen molar-refractivity contribution in [3.8, 4) is 17.3 Å². The number of thiazole rings is 1. The molecular weight excluding hydrogens is 459 g/mol. The number of anilines is 1. The molecule has 3 aromatic rings. The highest BCUT2D eigenvalue weighted by Crippen LogP contribution is 2.32. The number of benzene rings is 1. The molecule has 1 aromatic carbocycles. The zero-order chi connectivity index (χ0) is 21.8. The van der Waals surface area contributed by atoms with Gasteiger partial charge >= 0.3 is 0 Å². The van der Waals surface area contributed by atoms with Crippen LogP contribution in [-0.2, 0) is 4.79 Å². The lowest BCUT2D eigenvalue weighted by Crippen LogP contribution is -2.12. The molecular formula is C21H18Cl2N4OS2. The molecule has 3 rings (SSSR count). The fraction of sp³-hybridized carbons (Fsp3) is 0.238. The van der Waals surface area contributed by atoms with Crippen molar-refractivity contribution >= 4 is 57.3 Å². The third-order valence-corrected chi connectivity index (χ3v) is 6.88. The molecule has 154 valence electrons. The molecule has 0 radical (unpaired) electrons. The molecule has 0 aliphatic heterocycles. The van der Waals surface area contributed by atoms with Gasteiger partial charge in [0, 0.05) is 33.8 Å². The number of carbonyl (C=O) groups is 1. The summed E-state index contributed by atoms with van der Waals surface area (Å²) in [7, 11) is 0. The van der Waals surface area contributed by atoms with Crippen LogP contribution in [0, 0.1) is 32.1 Å². The monoisotopic (exact) mass is 476 g/mol. The number of pyridine rings is 1. The molecule has 30 heavy (non-hydrogen) atoms. The maximum Gasteiger partial charge on any atom is 0.226 e. The van der Waals surface area contributed by atoms with Crippen molar-refractivity contribution in [2.45, 2.75) is 32.2 Å². The Balaban J connectivity index is 1.60. The van der Waals surface area contributed by atoms with Gasteiger partial charge in [0.1, 0.15) is 11.1 Å². The second-order valence-corrected chi connectivity index (χ2v) is 9.33. The van der Waals surface area contributed by atoms with Gasteiger partial charge in [0.2, 0.25) is 5.91 Å². The summed E-state index contributed by atoms with van der Waals surface area (Å²) in [5.74, 6) is 0.362. The van der Waals surface area contributed by atoms with Gasteiger partial charge in [-0.25, -0.2) is 9.97 Å². The summed E-state index contributed by atoms with van der Waals surface area (Å²) < 4.78 is 0. The van der Waals surface area contributed by atoms with Crippen LogP contribution in [0.2, 0.25) is 10.0 Å². The second-order valence-electron chi connectivity index (χ2n) is 6.55. The van der Waals surface area contributed by atoms with Crippen LogP contribution in [0.4, 0.5) is 5.13 Å². The zero-order valence-corrected chi connectivity index (χ0v) is 19.7. The molecule has 9 heteroatoms. The Hall–Kier alpha value is -2.11. The van der Waals surface area contributed by atoms with E-state index in [0.717, 1.165) is 22.4 Å². The average molecular weight is 477 g/mol. The Morgan fingerprint density at radius 3 is 2.70 bits per heavy atom. The number of aryl methyl sites for hydroxylation is 1. The lowest BCUT2D eigenvalue weighted by atomic mass is 10.1. The van der Waals surface area contributed by atoms with Gasteiger partial charge in [-0.3, -0.25) is 4.79 Å². The van der Waals surface area contributed by atoms with Crippen LogP contribution in [0.3, 0.4) is 0 Å². The van der Waals surface area contributed by atoms with Crippen molar-refractivity contribution in [2.75, 3.05) is 11.1 Å². The average Bonchev–Trinajstić information content (AvgIpc) is 3.14. The molecule has 0 spiro atoms. The molecule has 0 unspecified atom stereocenters. The third-order valence-electron chi connectivity index (χ3n) is 4.60. The summed E-state index contributed by atoms with van der Waals surface area (Å²) in [6.07, 6.45) is 0.278. The summed E-state index contributed by atoms with van der Waals surface area (Å²) in [6, 6.07) is 7.43. The SMILES string of the molecule is Cc1nc(SCCC(=O)Nc2nc(-c3ccc(Cl)cc3Cl)cs2)c(C#N)c(C)c1C. The molecule has 2 heterocycles. The molecule has 5 nitrogen and oxygen atoms in total. The number of nitriles is 1. The van der Waals surface area contributed by atoms with Gasteiger partial charge < -0.3 is 5.32 Å². The largest absolute Gasteiger partial charge is 0.302 e. The number of hydrogen-bond donors (Lipinski definition) is 1. The summed E-state index contributed by atoms with van der Waals surface area (Å²) in [5, 5.41) is 16.3. The second kappa shape index (κ2) is 9.80. The molecule has 1 amide bonds. The Labute approximate surface area is 193 Å². The van der Waals surface area contributed by atoms with Gasteiger partial charge in [-0.2, -0.15) is 5.26 Å². The number of hydrogen-bond acceptors (Lipinski definition) is 6. The van der Waals surface area contributed by atoms with Gasteiger partial charge in [0.15, 0.2) is 5.13 Å². The van der Waals surface area contributed by atoms with E-state index in [4.69, 9.17) is 23.2 Å². The summed E-state index contributed by atoms with van der Waals surface area (Å²) in [6.45, 7) is 5.81. The lowest BCUT2D eigenvalue weighted by Gasteiger charge is -2.10. The van der Waals surface area contributed by atoms with E-state index in [0.29, 0.717) is 37.2 Å². The van der Waals surface area contributed by atoms with Crippen LogP contribution >= 0.6 is 46.3 Å². The standard InChI is InChI=1S/C21H18Cl2N4OS2/c1-11-12(2)16(9-24)20(25-13(11)3)29-7-6-19(28)27-21-26-18(10-30-21)15-5-4-14(22)8-17(15)23/h4-5,8,10H,6-7H2,1-3H3,(H,26,27,28). The topological polar surface area (TPSA) is 78.7 Å². The van der Waals surface area contributed by atoms with Gasteiger partial charge in [-0.05, 0) is 50.1 Å². The first-order valence-corrected chi connectivity index (χ1v) is 11.6. The first kappa shape index (κ1) is 22.6. The minimum absolute atomic E-state index is 0.148. The van der Waals surface area contributed by atoms with Crippen LogP contribution in [0.1, 0.15) is 28.8 Å². The molecule has 1 N–H and O–H groups in total. The number of rotatable bonds is 6. The van der Waals surface area contributed by atoms with Crippen LogP contribution in [0.25, 0.3) is 11.3 Å². The third kappa shape index (κ3) is 5.13. The fourth-order valence-corrected chi connectivity index (χ4v) is 4.98. The van der Waals surface area contributed by atoms with Crippen molar-refractivity contribution in [1.82, 2.24) is 9.97 Å². The van der Waals surface area contributed by atoms with Crippen LogP contribution in [-0.4, -0.2) is 21.6 Å². The number of nitrogens with one attached hydrogen (secondary N) is 1. The minimum atomic E-state index is -0.148. The summed E-state index contributed by atoms with van der Waals surface area (Å²) in [4.78, 5) is 21.3. The minimum Gasteiger partial charge on any atom is -0.302 e.